The molecule has 0 unspecified atom stereocenters. The van der Waals surface area contributed by atoms with Crippen molar-refractivity contribution in [3.8, 4) is 22.8 Å². The predicted molar refractivity (Wildman–Crippen MR) is 103 cm³/mol. The summed E-state index contributed by atoms with van der Waals surface area (Å²) >= 11 is 1.49. The quantitative estimate of drug-likeness (QED) is 0.695. The van der Waals surface area contributed by atoms with Crippen molar-refractivity contribution in [1.29, 1.82) is 0 Å². The first-order valence-electron chi connectivity index (χ1n) is 9.04. The molecule has 0 saturated heterocycles. The van der Waals surface area contributed by atoms with Crippen LogP contribution >= 0.6 is 11.8 Å². The lowest BCUT2D eigenvalue weighted by Gasteiger charge is -2.19. The van der Waals surface area contributed by atoms with Crippen molar-refractivity contribution in [3.05, 3.63) is 24.4 Å². The molecule has 1 amide bonds. The van der Waals surface area contributed by atoms with Gasteiger partial charge in [0.25, 0.3) is 0 Å². The second-order valence-electron chi connectivity index (χ2n) is 5.88. The summed E-state index contributed by atoms with van der Waals surface area (Å²) < 4.78 is 13.4. The number of rotatable bonds is 7. The van der Waals surface area contributed by atoms with Crippen molar-refractivity contribution in [2.75, 3.05) is 32.1 Å². The van der Waals surface area contributed by atoms with Gasteiger partial charge in [-0.3, -0.25) is 4.79 Å². The van der Waals surface area contributed by atoms with Gasteiger partial charge in [-0.25, -0.2) is 4.98 Å². The summed E-state index contributed by atoms with van der Waals surface area (Å²) in [4.78, 5) is 18.6. The maximum Gasteiger partial charge on any atom is 0.233 e. The van der Waals surface area contributed by atoms with Crippen LogP contribution in [0.3, 0.4) is 0 Å². The number of ether oxygens (including phenoxy) is 2. The second-order valence-corrected chi connectivity index (χ2v) is 6.83. The monoisotopic (exact) mass is 375 g/mol. The molecule has 0 N–H and O–H groups in total. The summed E-state index contributed by atoms with van der Waals surface area (Å²) in [5, 5.41) is 0.859. The Morgan fingerprint density at radius 2 is 1.92 bits per heavy atom. The highest BCUT2D eigenvalue weighted by Gasteiger charge is 2.17. The van der Waals surface area contributed by atoms with E-state index in [1.54, 1.807) is 0 Å². The minimum absolute atomic E-state index is 0.145. The van der Waals surface area contributed by atoms with E-state index < -0.39 is 0 Å². The number of fused-ring (bicyclic) bond motifs is 1. The molecule has 0 fully saturated rings. The van der Waals surface area contributed by atoms with E-state index in [1.165, 1.54) is 11.8 Å². The number of thioether (sulfide) groups is 1. The fraction of sp³-hybridized carbons (Fsp3) is 0.474. The van der Waals surface area contributed by atoms with Crippen LogP contribution in [0.1, 0.15) is 20.8 Å². The van der Waals surface area contributed by atoms with Crippen LogP contribution in [0.5, 0.6) is 11.5 Å². The number of amides is 1. The van der Waals surface area contributed by atoms with Gasteiger partial charge in [-0.05, 0) is 39.0 Å². The van der Waals surface area contributed by atoms with Crippen molar-refractivity contribution >= 4 is 17.7 Å². The van der Waals surface area contributed by atoms with Gasteiger partial charge in [0.05, 0.1) is 17.6 Å². The van der Waals surface area contributed by atoms with Crippen LogP contribution in [0.15, 0.2) is 29.6 Å². The molecule has 0 saturated carbocycles. The standard InChI is InChI=1S/C19H25N3O3S/c1-4-21(5-2)18(23)13-26-19-20-12-15(22(19)6-3)14-7-8-16-17(11-14)25-10-9-24-16/h7-8,11-12H,4-6,9-10,13H2,1-3H3. The van der Waals surface area contributed by atoms with Gasteiger partial charge in [0.15, 0.2) is 16.7 Å². The molecule has 3 rings (SSSR count). The third kappa shape index (κ3) is 3.82. The fourth-order valence-corrected chi connectivity index (χ4v) is 3.95. The summed E-state index contributed by atoms with van der Waals surface area (Å²) in [6.07, 6.45) is 1.86. The SMILES string of the molecule is CCN(CC)C(=O)CSc1ncc(-c2ccc3c(c2)OCCO3)n1CC. The molecule has 0 radical (unpaired) electrons. The Hall–Kier alpha value is -2.15. The molecular weight excluding hydrogens is 350 g/mol. The summed E-state index contributed by atoms with van der Waals surface area (Å²) in [7, 11) is 0. The Morgan fingerprint density at radius 3 is 2.62 bits per heavy atom. The molecule has 26 heavy (non-hydrogen) atoms. The number of carbonyl (C=O) groups is 1. The number of carbonyl (C=O) groups excluding carboxylic acids is 1. The average Bonchev–Trinajstić information content (AvgIpc) is 3.09. The number of aromatic nitrogens is 2. The maximum absolute atomic E-state index is 12.3. The Balaban J connectivity index is 1.79. The highest BCUT2D eigenvalue weighted by molar-refractivity contribution is 7.99. The van der Waals surface area contributed by atoms with Gasteiger partial charge in [0.2, 0.25) is 5.91 Å². The first kappa shape index (κ1) is 18.6. The van der Waals surface area contributed by atoms with E-state index >= 15 is 0 Å². The van der Waals surface area contributed by atoms with Crippen LogP contribution in [-0.2, 0) is 11.3 Å². The molecule has 0 atom stereocenters. The molecule has 0 spiro atoms. The number of nitrogens with zero attached hydrogens (tertiary/aromatic N) is 3. The van der Waals surface area contributed by atoms with Gasteiger partial charge in [-0.2, -0.15) is 0 Å². The predicted octanol–water partition coefficient (Wildman–Crippen LogP) is 3.30. The van der Waals surface area contributed by atoms with Crippen molar-refractivity contribution in [1.82, 2.24) is 14.5 Å². The van der Waals surface area contributed by atoms with Crippen molar-refractivity contribution in [3.63, 3.8) is 0 Å². The third-order valence-electron chi connectivity index (χ3n) is 4.41. The molecule has 0 bridgehead atoms. The van der Waals surface area contributed by atoms with E-state index in [0.29, 0.717) is 19.0 Å². The summed E-state index contributed by atoms with van der Waals surface area (Å²) in [5.41, 5.74) is 2.05. The molecule has 1 aromatic heterocycles. The van der Waals surface area contributed by atoms with Crippen LogP contribution in [-0.4, -0.2) is 52.4 Å². The lowest BCUT2D eigenvalue weighted by atomic mass is 10.1. The second kappa shape index (κ2) is 8.49. The topological polar surface area (TPSA) is 56.6 Å². The molecule has 2 aromatic rings. The van der Waals surface area contributed by atoms with Crippen molar-refractivity contribution in [2.45, 2.75) is 32.5 Å². The summed E-state index contributed by atoms with van der Waals surface area (Å²) in [5.74, 6) is 2.09. The Bertz CT molecular complexity index is 771. The Labute approximate surface area is 158 Å². The number of hydrogen-bond donors (Lipinski definition) is 0. The lowest BCUT2D eigenvalue weighted by molar-refractivity contribution is -0.127. The summed E-state index contributed by atoms with van der Waals surface area (Å²) in [6, 6.07) is 5.95. The molecule has 1 aromatic carbocycles. The smallest absolute Gasteiger partial charge is 0.233 e. The highest BCUT2D eigenvalue weighted by Crippen LogP contribution is 2.35. The minimum atomic E-state index is 0.145. The molecular formula is C19H25N3O3S. The highest BCUT2D eigenvalue weighted by atomic mass is 32.2. The van der Waals surface area contributed by atoms with E-state index in [0.717, 1.165) is 47.5 Å². The Morgan fingerprint density at radius 1 is 1.19 bits per heavy atom. The number of benzene rings is 1. The Kier molecular flexibility index (Phi) is 6.08. The zero-order valence-corrected chi connectivity index (χ0v) is 16.3. The normalized spacial score (nSPS) is 12.9. The van der Waals surface area contributed by atoms with Crippen LogP contribution < -0.4 is 9.47 Å². The molecule has 140 valence electrons. The zero-order valence-electron chi connectivity index (χ0n) is 15.5. The van der Waals surface area contributed by atoms with Crippen LogP contribution in [0.2, 0.25) is 0 Å². The van der Waals surface area contributed by atoms with Gasteiger partial charge in [0.1, 0.15) is 13.2 Å². The van der Waals surface area contributed by atoms with Gasteiger partial charge >= 0.3 is 0 Å². The molecule has 7 heteroatoms. The maximum atomic E-state index is 12.3. The molecule has 1 aliphatic rings. The van der Waals surface area contributed by atoms with E-state index in [4.69, 9.17) is 9.47 Å². The molecule has 2 heterocycles. The van der Waals surface area contributed by atoms with Gasteiger partial charge < -0.3 is 18.9 Å². The van der Waals surface area contributed by atoms with E-state index in [9.17, 15) is 4.79 Å². The van der Waals surface area contributed by atoms with E-state index in [2.05, 4.69) is 16.5 Å². The molecule has 0 aliphatic carbocycles. The van der Waals surface area contributed by atoms with E-state index in [-0.39, 0.29) is 5.91 Å². The lowest BCUT2D eigenvalue weighted by Crippen LogP contribution is -2.31. The summed E-state index contributed by atoms with van der Waals surface area (Å²) in [6.45, 7) is 9.49. The first-order chi connectivity index (χ1) is 12.7. The van der Waals surface area contributed by atoms with Gasteiger partial charge in [-0.1, -0.05) is 11.8 Å². The van der Waals surface area contributed by atoms with E-state index in [1.807, 2.05) is 43.1 Å². The average molecular weight is 375 g/mol. The third-order valence-corrected chi connectivity index (χ3v) is 5.39. The van der Waals surface area contributed by atoms with Gasteiger partial charge in [0, 0.05) is 25.2 Å². The largest absolute Gasteiger partial charge is 0.486 e. The van der Waals surface area contributed by atoms with Crippen molar-refractivity contribution in [2.24, 2.45) is 0 Å². The number of hydrogen-bond acceptors (Lipinski definition) is 5. The van der Waals surface area contributed by atoms with Crippen LogP contribution in [0, 0.1) is 0 Å². The number of imidazole rings is 1. The zero-order chi connectivity index (χ0) is 18.5. The first-order valence-corrected chi connectivity index (χ1v) is 10.0. The molecule has 6 nitrogen and oxygen atoms in total. The van der Waals surface area contributed by atoms with Gasteiger partial charge in [-0.15, -0.1) is 0 Å². The fourth-order valence-electron chi connectivity index (χ4n) is 3.01. The van der Waals surface area contributed by atoms with Crippen molar-refractivity contribution < 1.29 is 14.3 Å². The van der Waals surface area contributed by atoms with Crippen LogP contribution in [0.4, 0.5) is 0 Å². The minimum Gasteiger partial charge on any atom is -0.486 e. The van der Waals surface area contributed by atoms with Crippen LogP contribution in [0.25, 0.3) is 11.3 Å². The molecule has 1 aliphatic heterocycles.